The average Bonchev–Trinajstić information content (AvgIpc) is 2.97. The van der Waals surface area contributed by atoms with Gasteiger partial charge in [0.2, 0.25) is 17.7 Å². The summed E-state index contributed by atoms with van der Waals surface area (Å²) in [7, 11) is 0. The van der Waals surface area contributed by atoms with Crippen LogP contribution in [0.3, 0.4) is 0 Å². The molecule has 0 saturated carbocycles. The molecule has 2 aromatic carbocycles. The zero-order chi connectivity index (χ0) is 26.8. The molecule has 8 nitrogen and oxygen atoms in total. The van der Waals surface area contributed by atoms with Crippen molar-refractivity contribution in [2.75, 3.05) is 29.9 Å². The molecule has 0 radical (unpaired) electrons. The Kier molecular flexibility index (Phi) is 7.11. The molecule has 2 unspecified atom stereocenters. The standard InChI is InChI=1S/C31H34N6O2/c1-20-12-13-23-24(9-3-11-27(23)37-18-6-7-21(2)30(37)38)28(20)39-29-25(10-5-16-33-29)26-14-17-34-31(36-26)35-22-8-4-15-32-19-22/h3,5,9-14,16-17,21-22,32H,4,6-8,15,18-19H2,1-2H3,(H,34,35,36). The second-order valence-corrected chi connectivity index (χ2v) is 10.5. The maximum Gasteiger partial charge on any atom is 0.229 e. The number of ether oxygens (including phenoxy) is 1. The van der Waals surface area contributed by atoms with Crippen LogP contribution in [0.4, 0.5) is 11.6 Å². The number of nitrogens with zero attached hydrogens (tertiary/aromatic N) is 4. The van der Waals surface area contributed by atoms with E-state index in [1.165, 1.54) is 0 Å². The summed E-state index contributed by atoms with van der Waals surface area (Å²) < 4.78 is 6.58. The molecule has 2 N–H and O–H groups in total. The van der Waals surface area contributed by atoms with Crippen LogP contribution < -0.4 is 20.3 Å². The largest absolute Gasteiger partial charge is 0.437 e. The molecular formula is C31H34N6O2. The molecular weight excluding hydrogens is 488 g/mol. The van der Waals surface area contributed by atoms with E-state index in [4.69, 9.17) is 9.72 Å². The highest BCUT2D eigenvalue weighted by Gasteiger charge is 2.28. The second-order valence-electron chi connectivity index (χ2n) is 10.5. The number of pyridine rings is 1. The summed E-state index contributed by atoms with van der Waals surface area (Å²) in [5.74, 6) is 2.02. The van der Waals surface area contributed by atoms with Gasteiger partial charge < -0.3 is 20.3 Å². The summed E-state index contributed by atoms with van der Waals surface area (Å²) in [4.78, 5) is 28.8. The maximum atomic E-state index is 13.0. The predicted molar refractivity (Wildman–Crippen MR) is 154 cm³/mol. The first-order valence-electron chi connectivity index (χ1n) is 13.9. The maximum absolute atomic E-state index is 13.0. The van der Waals surface area contributed by atoms with E-state index in [1.54, 1.807) is 12.4 Å². The third-order valence-electron chi connectivity index (χ3n) is 7.71. The van der Waals surface area contributed by atoms with E-state index in [2.05, 4.69) is 26.7 Å². The first-order chi connectivity index (χ1) is 19.1. The summed E-state index contributed by atoms with van der Waals surface area (Å²) in [5, 5.41) is 8.82. The highest BCUT2D eigenvalue weighted by atomic mass is 16.5. The van der Waals surface area contributed by atoms with Crippen LogP contribution in [0.25, 0.3) is 22.0 Å². The molecule has 2 atom stereocenters. The van der Waals surface area contributed by atoms with Crippen molar-refractivity contribution >= 4 is 28.3 Å². The third kappa shape index (κ3) is 5.16. The third-order valence-corrected chi connectivity index (χ3v) is 7.71. The number of benzene rings is 2. The Morgan fingerprint density at radius 2 is 1.92 bits per heavy atom. The number of carbonyl (C=O) groups excluding carboxylic acids is 1. The van der Waals surface area contributed by atoms with E-state index in [9.17, 15) is 4.79 Å². The Hall–Kier alpha value is -4.04. The number of hydrogen-bond acceptors (Lipinski definition) is 7. The van der Waals surface area contributed by atoms with Crippen molar-refractivity contribution in [3.8, 4) is 22.9 Å². The predicted octanol–water partition coefficient (Wildman–Crippen LogP) is 5.72. The van der Waals surface area contributed by atoms with Gasteiger partial charge in [-0.05, 0) is 69.0 Å². The zero-order valence-corrected chi connectivity index (χ0v) is 22.5. The number of rotatable bonds is 6. The van der Waals surface area contributed by atoms with Crippen LogP contribution in [0.2, 0.25) is 0 Å². The van der Waals surface area contributed by atoms with Gasteiger partial charge in [-0.25, -0.2) is 15.0 Å². The minimum absolute atomic E-state index is 0.0351. The summed E-state index contributed by atoms with van der Waals surface area (Å²) in [6, 6.07) is 16.3. The lowest BCUT2D eigenvalue weighted by Gasteiger charge is -2.31. The Labute approximate surface area is 228 Å². The number of hydrogen-bond donors (Lipinski definition) is 2. The van der Waals surface area contributed by atoms with Gasteiger partial charge in [-0.1, -0.05) is 31.2 Å². The molecule has 4 aromatic rings. The topological polar surface area (TPSA) is 92.3 Å². The normalized spacial score (nSPS) is 19.7. The van der Waals surface area contributed by atoms with Crippen molar-refractivity contribution in [1.29, 1.82) is 0 Å². The summed E-state index contributed by atoms with van der Waals surface area (Å²) >= 11 is 0. The van der Waals surface area contributed by atoms with Gasteiger partial charge in [0.05, 0.1) is 16.9 Å². The minimum atomic E-state index is 0.0351. The van der Waals surface area contributed by atoms with Gasteiger partial charge in [-0.15, -0.1) is 0 Å². The molecule has 8 heteroatoms. The Balaban J connectivity index is 1.35. The van der Waals surface area contributed by atoms with Crippen molar-refractivity contribution in [2.45, 2.75) is 45.6 Å². The van der Waals surface area contributed by atoms with Gasteiger partial charge in [-0.2, -0.15) is 0 Å². The van der Waals surface area contributed by atoms with Crippen LogP contribution in [0.1, 0.15) is 38.2 Å². The highest BCUT2D eigenvalue weighted by molar-refractivity contribution is 6.06. The molecule has 2 saturated heterocycles. The summed E-state index contributed by atoms with van der Waals surface area (Å²) in [6.45, 7) is 6.74. The lowest BCUT2D eigenvalue weighted by molar-refractivity contribution is -0.123. The molecule has 6 rings (SSSR count). The van der Waals surface area contributed by atoms with Gasteiger partial charge in [0.1, 0.15) is 5.75 Å². The van der Waals surface area contributed by atoms with Crippen LogP contribution in [0.5, 0.6) is 11.6 Å². The molecule has 2 aliphatic rings. The summed E-state index contributed by atoms with van der Waals surface area (Å²) in [5.41, 5.74) is 3.45. The van der Waals surface area contributed by atoms with E-state index in [1.807, 2.05) is 61.2 Å². The molecule has 0 spiro atoms. The van der Waals surface area contributed by atoms with Crippen LogP contribution in [-0.2, 0) is 4.79 Å². The molecule has 2 fully saturated rings. The van der Waals surface area contributed by atoms with Crippen molar-refractivity contribution < 1.29 is 9.53 Å². The van der Waals surface area contributed by atoms with Gasteiger partial charge in [0, 0.05) is 48.2 Å². The average molecular weight is 523 g/mol. The quantitative estimate of drug-likeness (QED) is 0.335. The number of anilines is 2. The molecule has 0 bridgehead atoms. The fourth-order valence-corrected chi connectivity index (χ4v) is 5.59. The van der Waals surface area contributed by atoms with Gasteiger partial charge in [-0.3, -0.25) is 4.79 Å². The van der Waals surface area contributed by atoms with E-state index >= 15 is 0 Å². The lowest BCUT2D eigenvalue weighted by Crippen LogP contribution is -2.40. The van der Waals surface area contributed by atoms with Crippen LogP contribution >= 0.6 is 0 Å². The Bertz CT molecular complexity index is 1500. The molecule has 0 aliphatic carbocycles. The zero-order valence-electron chi connectivity index (χ0n) is 22.5. The van der Waals surface area contributed by atoms with Gasteiger partial charge in [0.15, 0.2) is 0 Å². The second kappa shape index (κ2) is 11.0. The molecule has 4 heterocycles. The number of fused-ring (bicyclic) bond motifs is 1. The highest BCUT2D eigenvalue weighted by Crippen LogP contribution is 2.40. The number of aromatic nitrogens is 3. The van der Waals surface area contributed by atoms with Gasteiger partial charge in [0.25, 0.3) is 0 Å². The number of carbonyl (C=O) groups is 1. The molecule has 200 valence electrons. The van der Waals surface area contributed by atoms with Crippen LogP contribution in [0.15, 0.2) is 60.9 Å². The smallest absolute Gasteiger partial charge is 0.229 e. The van der Waals surface area contributed by atoms with E-state index in [0.29, 0.717) is 17.9 Å². The van der Waals surface area contributed by atoms with Crippen LogP contribution in [0, 0.1) is 12.8 Å². The minimum Gasteiger partial charge on any atom is -0.437 e. The molecule has 1 amide bonds. The molecule has 2 aliphatic heterocycles. The Morgan fingerprint density at radius 1 is 1.00 bits per heavy atom. The molecule has 2 aromatic heterocycles. The number of aryl methyl sites for hydroxylation is 1. The monoisotopic (exact) mass is 522 g/mol. The SMILES string of the molecule is Cc1ccc2c(N3CCCC(C)C3=O)cccc2c1Oc1ncccc1-c1ccnc(NC2CCCNC2)n1. The van der Waals surface area contributed by atoms with E-state index < -0.39 is 0 Å². The van der Waals surface area contributed by atoms with Crippen molar-refractivity contribution in [2.24, 2.45) is 5.92 Å². The lowest BCUT2D eigenvalue weighted by atomic mass is 9.97. The number of nitrogens with one attached hydrogen (secondary N) is 2. The number of piperidine rings is 2. The number of amides is 1. The van der Waals surface area contributed by atoms with Crippen LogP contribution in [-0.4, -0.2) is 46.5 Å². The van der Waals surface area contributed by atoms with E-state index in [0.717, 1.165) is 84.3 Å². The molecule has 39 heavy (non-hydrogen) atoms. The van der Waals surface area contributed by atoms with Gasteiger partial charge >= 0.3 is 0 Å². The van der Waals surface area contributed by atoms with Crippen molar-refractivity contribution in [1.82, 2.24) is 20.3 Å². The van der Waals surface area contributed by atoms with Crippen molar-refractivity contribution in [3.63, 3.8) is 0 Å². The first-order valence-corrected chi connectivity index (χ1v) is 13.9. The van der Waals surface area contributed by atoms with E-state index in [-0.39, 0.29) is 11.8 Å². The fraction of sp³-hybridized carbons (Fsp3) is 0.355. The van der Waals surface area contributed by atoms with Crippen molar-refractivity contribution in [3.05, 3.63) is 66.5 Å². The fourth-order valence-electron chi connectivity index (χ4n) is 5.59. The first kappa shape index (κ1) is 25.2. The summed E-state index contributed by atoms with van der Waals surface area (Å²) in [6.07, 6.45) is 7.66. The Morgan fingerprint density at radius 3 is 2.79 bits per heavy atom.